The van der Waals surface area contributed by atoms with Crippen molar-refractivity contribution in [1.29, 1.82) is 0 Å². The molecule has 1 aromatic rings. The Labute approximate surface area is 365 Å². The smallest absolute Gasteiger partial charge is 0.407 e. The molecule has 0 fully saturated rings. The molecule has 0 aliphatic carbocycles. The van der Waals surface area contributed by atoms with Gasteiger partial charge in [-0.15, -0.1) is 0 Å². The minimum absolute atomic E-state index is 0.0727. The molecule has 23 heteroatoms. The minimum atomic E-state index is -2.35. The third-order valence-corrected chi connectivity index (χ3v) is 7.21. The van der Waals surface area contributed by atoms with Gasteiger partial charge in [-0.05, 0) is 20.8 Å². The second-order valence-electron chi connectivity index (χ2n) is 13.5. The van der Waals surface area contributed by atoms with Crippen molar-refractivity contribution in [2.24, 2.45) is 0 Å². The standard InChI is InChI=1S/C40H66F5NO17/c1-40(2,3)63-39(48)46-5-7-50-9-11-52-13-15-54-17-19-56-21-23-58-25-27-60-29-31-61-30-28-59-26-24-57-22-20-55-18-16-53-14-12-51-10-8-49-6-4-32(47)62-38-36(44)34(42)33(41)35(43)37(38)45/h4-31H2,1-3H3,(H,46,48). The number of carbonyl (C=O) groups excluding carboxylic acids is 2. The Morgan fingerprint density at radius 2 is 0.619 bits per heavy atom. The molecule has 368 valence electrons. The molecule has 18 nitrogen and oxygen atoms in total. The third-order valence-electron chi connectivity index (χ3n) is 7.21. The van der Waals surface area contributed by atoms with Crippen molar-refractivity contribution >= 4 is 12.1 Å². The van der Waals surface area contributed by atoms with Crippen LogP contribution >= 0.6 is 0 Å². The maximum atomic E-state index is 13.6. The van der Waals surface area contributed by atoms with Crippen LogP contribution in [0.4, 0.5) is 26.7 Å². The Bertz CT molecular complexity index is 1270. The fraction of sp³-hybridized carbons (Fsp3) is 0.800. The van der Waals surface area contributed by atoms with Crippen LogP contribution in [0.25, 0.3) is 0 Å². The Balaban J connectivity index is 1.69. The van der Waals surface area contributed by atoms with Gasteiger partial charge in [0.15, 0.2) is 0 Å². The fourth-order valence-electron chi connectivity index (χ4n) is 4.28. The number of alkyl carbamates (subject to hydrolysis) is 1. The highest BCUT2D eigenvalue weighted by atomic mass is 19.2. The lowest BCUT2D eigenvalue weighted by Gasteiger charge is -2.19. The fourth-order valence-corrected chi connectivity index (χ4v) is 4.28. The molecule has 0 aliphatic heterocycles. The first kappa shape index (κ1) is 58.1. The average molecular weight is 928 g/mol. The average Bonchev–Trinajstić information content (AvgIpc) is 3.24. The van der Waals surface area contributed by atoms with Crippen LogP contribution in [0, 0.1) is 29.1 Å². The van der Waals surface area contributed by atoms with Crippen LogP contribution in [0.15, 0.2) is 0 Å². The van der Waals surface area contributed by atoms with Crippen LogP contribution < -0.4 is 10.1 Å². The lowest BCUT2D eigenvalue weighted by Crippen LogP contribution is -2.34. The number of amides is 1. The topological polar surface area (TPSA) is 185 Å². The van der Waals surface area contributed by atoms with E-state index < -0.39 is 58.9 Å². The van der Waals surface area contributed by atoms with E-state index in [-0.39, 0.29) is 26.4 Å². The van der Waals surface area contributed by atoms with Gasteiger partial charge in [0.25, 0.3) is 0 Å². The Hall–Kier alpha value is -2.91. The molecule has 0 spiro atoms. The van der Waals surface area contributed by atoms with Crippen LogP contribution in [0.3, 0.4) is 0 Å². The van der Waals surface area contributed by atoms with Gasteiger partial charge in [-0.1, -0.05) is 0 Å². The highest BCUT2D eigenvalue weighted by Crippen LogP contribution is 2.29. The van der Waals surface area contributed by atoms with Crippen LogP contribution in [0.1, 0.15) is 27.2 Å². The van der Waals surface area contributed by atoms with E-state index in [4.69, 9.17) is 66.3 Å². The summed E-state index contributed by atoms with van der Waals surface area (Å²) in [5, 5.41) is 2.62. The summed E-state index contributed by atoms with van der Waals surface area (Å²) in [5.74, 6) is -14.2. The number of ether oxygens (including phenoxy) is 15. The van der Waals surface area contributed by atoms with Crippen LogP contribution in [0.5, 0.6) is 5.75 Å². The molecule has 0 atom stereocenters. The molecular formula is C40H66F5NO17. The molecule has 1 amide bonds. The van der Waals surface area contributed by atoms with Gasteiger partial charge in [0.1, 0.15) is 5.60 Å². The number of hydrogen-bond acceptors (Lipinski definition) is 17. The zero-order valence-corrected chi connectivity index (χ0v) is 36.6. The van der Waals surface area contributed by atoms with Crippen LogP contribution in [-0.2, 0) is 71.1 Å². The molecule has 0 aromatic heterocycles. The second-order valence-corrected chi connectivity index (χ2v) is 13.5. The number of rotatable bonds is 43. The van der Waals surface area contributed by atoms with Gasteiger partial charge in [0, 0.05) is 6.54 Å². The van der Waals surface area contributed by atoms with Gasteiger partial charge in [0.05, 0.1) is 178 Å². The number of hydrogen-bond donors (Lipinski definition) is 1. The van der Waals surface area contributed by atoms with Gasteiger partial charge < -0.3 is 76.4 Å². The zero-order chi connectivity index (χ0) is 46.2. The van der Waals surface area contributed by atoms with Crippen molar-refractivity contribution in [3.05, 3.63) is 29.1 Å². The normalized spacial score (nSPS) is 11.7. The Morgan fingerprint density at radius 3 is 0.889 bits per heavy atom. The Kier molecular flexibility index (Phi) is 36.4. The highest BCUT2D eigenvalue weighted by Gasteiger charge is 2.28. The molecule has 1 aromatic carbocycles. The lowest BCUT2D eigenvalue weighted by molar-refractivity contribution is -0.136. The first-order chi connectivity index (χ1) is 30.4. The van der Waals surface area contributed by atoms with E-state index in [2.05, 4.69) is 10.1 Å². The summed E-state index contributed by atoms with van der Waals surface area (Å²) in [6, 6.07) is 0. The van der Waals surface area contributed by atoms with Gasteiger partial charge in [-0.2, -0.15) is 8.78 Å². The van der Waals surface area contributed by atoms with Crippen molar-refractivity contribution in [1.82, 2.24) is 5.32 Å². The van der Waals surface area contributed by atoms with Crippen molar-refractivity contribution in [3.63, 3.8) is 0 Å². The maximum Gasteiger partial charge on any atom is 0.407 e. The zero-order valence-electron chi connectivity index (χ0n) is 36.6. The molecule has 63 heavy (non-hydrogen) atoms. The summed E-state index contributed by atoms with van der Waals surface area (Å²) >= 11 is 0. The molecule has 1 N–H and O–H groups in total. The number of benzene rings is 1. The summed E-state index contributed by atoms with van der Waals surface area (Å²) in [5.41, 5.74) is -0.530. The van der Waals surface area contributed by atoms with Crippen LogP contribution in [-0.4, -0.2) is 196 Å². The molecule has 0 heterocycles. The molecule has 0 unspecified atom stereocenters. The number of carbonyl (C=O) groups is 2. The predicted octanol–water partition coefficient (Wildman–Crippen LogP) is 3.42. The molecule has 0 aliphatic rings. The van der Waals surface area contributed by atoms with Gasteiger partial charge in [-0.25, -0.2) is 18.0 Å². The number of nitrogens with one attached hydrogen (secondary N) is 1. The summed E-state index contributed by atoms with van der Waals surface area (Å²) in [7, 11) is 0. The minimum Gasteiger partial charge on any atom is -0.444 e. The third kappa shape index (κ3) is 34.2. The van der Waals surface area contributed by atoms with Crippen LogP contribution in [0.2, 0.25) is 0 Å². The largest absolute Gasteiger partial charge is 0.444 e. The van der Waals surface area contributed by atoms with Gasteiger partial charge in [0.2, 0.25) is 34.8 Å². The summed E-state index contributed by atoms with van der Waals surface area (Å²) in [4.78, 5) is 23.2. The predicted molar refractivity (Wildman–Crippen MR) is 211 cm³/mol. The second kappa shape index (κ2) is 39.5. The SMILES string of the molecule is CC(C)(C)OC(=O)NCCOCCOCCOCCOCCOCCOCCOCCOCCOCCOCCOCCOCCOCCC(=O)Oc1c(F)c(F)c(F)c(F)c1F. The monoisotopic (exact) mass is 927 g/mol. The van der Waals surface area contributed by atoms with Crippen molar-refractivity contribution in [3.8, 4) is 5.75 Å². The van der Waals surface area contributed by atoms with E-state index in [9.17, 15) is 31.5 Å². The summed E-state index contributed by atoms with van der Waals surface area (Å²) < 4.78 is 146. The van der Waals surface area contributed by atoms with E-state index >= 15 is 0 Å². The van der Waals surface area contributed by atoms with Crippen molar-refractivity contribution in [2.75, 3.05) is 178 Å². The molecule has 0 bridgehead atoms. The first-order valence-corrected chi connectivity index (χ1v) is 20.6. The van der Waals surface area contributed by atoms with Gasteiger partial charge >= 0.3 is 12.1 Å². The number of esters is 1. The summed E-state index contributed by atoms with van der Waals surface area (Å²) in [6.07, 6.45) is -0.963. The van der Waals surface area contributed by atoms with Crippen molar-refractivity contribution in [2.45, 2.75) is 32.8 Å². The van der Waals surface area contributed by atoms with E-state index in [1.165, 1.54) is 0 Å². The lowest BCUT2D eigenvalue weighted by atomic mass is 10.2. The van der Waals surface area contributed by atoms with Gasteiger partial charge in [-0.3, -0.25) is 4.79 Å². The molecule has 1 rings (SSSR count). The van der Waals surface area contributed by atoms with E-state index in [1.807, 2.05) is 0 Å². The van der Waals surface area contributed by atoms with E-state index in [0.717, 1.165) is 0 Å². The maximum absolute atomic E-state index is 13.6. The highest BCUT2D eigenvalue weighted by molar-refractivity contribution is 5.72. The molecule has 0 saturated carbocycles. The van der Waals surface area contributed by atoms with Crippen molar-refractivity contribution < 1.29 is 103 Å². The molecule has 0 saturated heterocycles. The quantitative estimate of drug-likeness (QED) is 0.0251. The van der Waals surface area contributed by atoms with E-state index in [1.54, 1.807) is 20.8 Å². The molecule has 0 radical (unpaired) electrons. The Morgan fingerprint density at radius 1 is 0.381 bits per heavy atom. The summed E-state index contributed by atoms with van der Waals surface area (Å²) in [6.45, 7) is 15.3. The first-order valence-electron chi connectivity index (χ1n) is 20.6. The number of halogens is 5. The molecular weight excluding hydrogens is 861 g/mol. The van der Waals surface area contributed by atoms with E-state index in [0.29, 0.717) is 152 Å².